The minimum absolute atomic E-state index is 0.0313. The average molecular weight is 481 g/mol. The van der Waals surface area contributed by atoms with Crippen molar-refractivity contribution < 1.29 is 22.7 Å². The summed E-state index contributed by atoms with van der Waals surface area (Å²) < 4.78 is 38.6. The fourth-order valence-electron chi connectivity index (χ4n) is 3.92. The van der Waals surface area contributed by atoms with Crippen LogP contribution in [0.2, 0.25) is 0 Å². The van der Waals surface area contributed by atoms with Gasteiger partial charge in [-0.3, -0.25) is 4.79 Å². The van der Waals surface area contributed by atoms with Gasteiger partial charge in [0.15, 0.2) is 0 Å². The van der Waals surface area contributed by atoms with E-state index in [4.69, 9.17) is 9.47 Å². The molecule has 0 bridgehead atoms. The van der Waals surface area contributed by atoms with Crippen LogP contribution in [0.3, 0.4) is 0 Å². The fourth-order valence-corrected chi connectivity index (χ4v) is 5.51. The van der Waals surface area contributed by atoms with Gasteiger partial charge in [-0.15, -0.1) is 0 Å². The molecule has 178 valence electrons. The zero-order valence-electron chi connectivity index (χ0n) is 19.2. The molecule has 1 fully saturated rings. The standard InChI is InChI=1S/C26H28N2O5S/c1-19-8-10-21(11-9-19)25(20-6-4-3-5-7-20)27-26(29)22-12-13-23(32-2)24(18-22)34(30,31)28-14-16-33-17-15-28/h3-13,18,25H,14-17H2,1-2H3,(H,27,29). The summed E-state index contributed by atoms with van der Waals surface area (Å²) in [6.07, 6.45) is 0. The number of nitrogens with zero attached hydrogens (tertiary/aromatic N) is 1. The third kappa shape index (κ3) is 5.14. The van der Waals surface area contributed by atoms with Crippen molar-refractivity contribution in [2.45, 2.75) is 17.9 Å². The molecule has 1 amide bonds. The van der Waals surface area contributed by atoms with Crippen molar-refractivity contribution in [3.63, 3.8) is 0 Å². The van der Waals surface area contributed by atoms with Gasteiger partial charge in [-0.05, 0) is 36.2 Å². The van der Waals surface area contributed by atoms with Crippen LogP contribution in [0.25, 0.3) is 0 Å². The topological polar surface area (TPSA) is 84.9 Å². The molecule has 0 spiro atoms. The molecule has 1 aliphatic rings. The Kier molecular flexibility index (Phi) is 7.31. The van der Waals surface area contributed by atoms with Crippen molar-refractivity contribution in [3.05, 3.63) is 95.1 Å². The largest absolute Gasteiger partial charge is 0.495 e. The van der Waals surface area contributed by atoms with Crippen molar-refractivity contribution in [3.8, 4) is 5.75 Å². The van der Waals surface area contributed by atoms with Crippen LogP contribution in [-0.4, -0.2) is 52.0 Å². The summed E-state index contributed by atoms with van der Waals surface area (Å²) in [6, 6.07) is 21.7. The third-order valence-corrected chi connectivity index (χ3v) is 7.75. The van der Waals surface area contributed by atoms with E-state index in [-0.39, 0.29) is 35.2 Å². The quantitative estimate of drug-likeness (QED) is 0.559. The molecule has 34 heavy (non-hydrogen) atoms. The van der Waals surface area contributed by atoms with Gasteiger partial charge in [0.05, 0.1) is 26.4 Å². The Hall–Kier alpha value is -3.20. The lowest BCUT2D eigenvalue weighted by Gasteiger charge is -2.27. The molecule has 4 rings (SSSR count). The molecule has 1 saturated heterocycles. The van der Waals surface area contributed by atoms with E-state index in [2.05, 4.69) is 5.32 Å². The second-order valence-corrected chi connectivity index (χ2v) is 10.0. The molecule has 0 saturated carbocycles. The lowest BCUT2D eigenvalue weighted by atomic mass is 9.97. The number of sulfonamides is 1. The van der Waals surface area contributed by atoms with Crippen molar-refractivity contribution >= 4 is 15.9 Å². The van der Waals surface area contributed by atoms with Crippen LogP contribution >= 0.6 is 0 Å². The Morgan fingerprint density at radius 2 is 1.62 bits per heavy atom. The Balaban J connectivity index is 1.67. The predicted octanol–water partition coefficient (Wildman–Crippen LogP) is 3.54. The molecule has 1 atom stereocenters. The minimum Gasteiger partial charge on any atom is -0.495 e. The number of rotatable bonds is 7. The highest BCUT2D eigenvalue weighted by atomic mass is 32.2. The van der Waals surface area contributed by atoms with Gasteiger partial charge in [0.25, 0.3) is 5.91 Å². The lowest BCUT2D eigenvalue weighted by Crippen LogP contribution is -2.40. The summed E-state index contributed by atoms with van der Waals surface area (Å²) in [7, 11) is -2.44. The van der Waals surface area contributed by atoms with Crippen LogP contribution in [-0.2, 0) is 14.8 Å². The van der Waals surface area contributed by atoms with E-state index < -0.39 is 16.1 Å². The number of aryl methyl sites for hydroxylation is 1. The third-order valence-electron chi connectivity index (χ3n) is 5.83. The van der Waals surface area contributed by atoms with E-state index in [1.165, 1.54) is 23.5 Å². The van der Waals surface area contributed by atoms with Crippen molar-refractivity contribution in [2.75, 3.05) is 33.4 Å². The molecule has 7 nitrogen and oxygen atoms in total. The van der Waals surface area contributed by atoms with Gasteiger partial charge < -0.3 is 14.8 Å². The smallest absolute Gasteiger partial charge is 0.252 e. The first-order valence-electron chi connectivity index (χ1n) is 11.1. The van der Waals surface area contributed by atoms with Crippen LogP contribution in [0, 0.1) is 6.92 Å². The minimum atomic E-state index is -3.85. The van der Waals surface area contributed by atoms with Crippen LogP contribution in [0.4, 0.5) is 0 Å². The SMILES string of the molecule is COc1ccc(C(=O)NC(c2ccccc2)c2ccc(C)cc2)cc1S(=O)(=O)N1CCOCC1. The summed E-state index contributed by atoms with van der Waals surface area (Å²) in [5, 5.41) is 3.07. The summed E-state index contributed by atoms with van der Waals surface area (Å²) in [4.78, 5) is 13.3. The van der Waals surface area contributed by atoms with Crippen molar-refractivity contribution in [2.24, 2.45) is 0 Å². The van der Waals surface area contributed by atoms with Gasteiger partial charge in [0.1, 0.15) is 10.6 Å². The number of ether oxygens (including phenoxy) is 2. The van der Waals surface area contributed by atoms with E-state index in [9.17, 15) is 13.2 Å². The predicted molar refractivity (Wildman–Crippen MR) is 130 cm³/mol. The highest BCUT2D eigenvalue weighted by Crippen LogP contribution is 2.29. The van der Waals surface area contributed by atoms with E-state index in [1.807, 2.05) is 61.5 Å². The number of nitrogens with one attached hydrogen (secondary N) is 1. The van der Waals surface area contributed by atoms with Crippen molar-refractivity contribution in [1.82, 2.24) is 9.62 Å². The number of benzene rings is 3. The number of methoxy groups -OCH3 is 1. The second-order valence-electron chi connectivity index (χ2n) is 8.11. The zero-order valence-corrected chi connectivity index (χ0v) is 20.0. The number of hydrogen-bond acceptors (Lipinski definition) is 5. The number of carbonyl (C=O) groups excluding carboxylic acids is 1. The lowest BCUT2D eigenvalue weighted by molar-refractivity contribution is 0.0729. The number of morpholine rings is 1. The first kappa shape index (κ1) is 23.9. The number of hydrogen-bond donors (Lipinski definition) is 1. The molecule has 0 radical (unpaired) electrons. The van der Waals surface area contributed by atoms with Crippen LogP contribution in [0.5, 0.6) is 5.75 Å². The summed E-state index contributed by atoms with van der Waals surface area (Å²) in [5.41, 5.74) is 3.21. The summed E-state index contributed by atoms with van der Waals surface area (Å²) >= 11 is 0. The normalized spacial score (nSPS) is 15.5. The average Bonchev–Trinajstić information content (AvgIpc) is 2.88. The van der Waals surface area contributed by atoms with E-state index in [1.54, 1.807) is 6.07 Å². The van der Waals surface area contributed by atoms with E-state index in [0.717, 1.165) is 16.7 Å². The monoisotopic (exact) mass is 480 g/mol. The van der Waals surface area contributed by atoms with E-state index in [0.29, 0.717) is 13.2 Å². The maximum atomic E-state index is 13.3. The van der Waals surface area contributed by atoms with Gasteiger partial charge in [0, 0.05) is 18.7 Å². The fraction of sp³-hybridized carbons (Fsp3) is 0.269. The Morgan fingerprint density at radius 3 is 2.26 bits per heavy atom. The van der Waals surface area contributed by atoms with Crippen LogP contribution in [0.15, 0.2) is 77.7 Å². The van der Waals surface area contributed by atoms with Gasteiger partial charge in [0.2, 0.25) is 10.0 Å². The zero-order chi connectivity index (χ0) is 24.1. The maximum absolute atomic E-state index is 13.3. The molecule has 0 aliphatic carbocycles. The van der Waals surface area contributed by atoms with Crippen LogP contribution in [0.1, 0.15) is 33.1 Å². The molecule has 3 aromatic rings. The first-order chi connectivity index (χ1) is 16.4. The second kappa shape index (κ2) is 10.4. The highest BCUT2D eigenvalue weighted by molar-refractivity contribution is 7.89. The van der Waals surface area contributed by atoms with Crippen LogP contribution < -0.4 is 10.1 Å². The molecule has 3 aromatic carbocycles. The first-order valence-corrected chi connectivity index (χ1v) is 12.5. The molecule has 8 heteroatoms. The Labute approximate surface area is 200 Å². The van der Waals surface area contributed by atoms with Crippen molar-refractivity contribution in [1.29, 1.82) is 0 Å². The van der Waals surface area contributed by atoms with Gasteiger partial charge in [-0.2, -0.15) is 4.31 Å². The molecule has 1 unspecified atom stereocenters. The molecule has 0 aromatic heterocycles. The van der Waals surface area contributed by atoms with Gasteiger partial charge in [-0.25, -0.2) is 8.42 Å². The molecule has 1 N–H and O–H groups in total. The Bertz CT molecular complexity index is 1240. The maximum Gasteiger partial charge on any atom is 0.252 e. The number of carbonyl (C=O) groups is 1. The highest BCUT2D eigenvalue weighted by Gasteiger charge is 2.30. The molecular formula is C26H28N2O5S. The summed E-state index contributed by atoms with van der Waals surface area (Å²) in [5.74, 6) is -0.184. The van der Waals surface area contributed by atoms with E-state index >= 15 is 0 Å². The molecule has 1 heterocycles. The summed E-state index contributed by atoms with van der Waals surface area (Å²) in [6.45, 7) is 3.18. The Morgan fingerprint density at radius 1 is 0.971 bits per heavy atom. The molecule has 1 aliphatic heterocycles. The molecular weight excluding hydrogens is 452 g/mol. The van der Waals surface area contributed by atoms with Gasteiger partial charge >= 0.3 is 0 Å². The van der Waals surface area contributed by atoms with Gasteiger partial charge in [-0.1, -0.05) is 60.2 Å². The number of amides is 1.